The molecule has 0 atom stereocenters. The molecule has 0 amide bonds. The average molecular weight is 346 g/mol. The molecule has 0 bridgehead atoms. The molecular weight excluding hydrogens is 314 g/mol. The Morgan fingerprint density at radius 2 is 2.00 bits per heavy atom. The quantitative estimate of drug-likeness (QED) is 0.600. The van der Waals surface area contributed by atoms with Gasteiger partial charge >= 0.3 is 0 Å². The molecular formula is C19H31N3OSi. The number of nitrogens with one attached hydrogen (secondary N) is 1. The third-order valence-electron chi connectivity index (χ3n) is 5.43. The van der Waals surface area contributed by atoms with Crippen LogP contribution in [0, 0.1) is 0 Å². The molecule has 0 radical (unpaired) electrons. The molecule has 1 aliphatic carbocycles. The second-order valence-electron chi connectivity index (χ2n) is 8.52. The Kier molecular flexibility index (Phi) is 4.86. The summed E-state index contributed by atoms with van der Waals surface area (Å²) in [7, 11) is -1.63. The molecule has 0 aliphatic heterocycles. The summed E-state index contributed by atoms with van der Waals surface area (Å²) in [5.41, 5.74) is 3.58. The molecule has 24 heavy (non-hydrogen) atoms. The van der Waals surface area contributed by atoms with Crippen LogP contribution in [0.25, 0.3) is 5.65 Å². The highest BCUT2D eigenvalue weighted by molar-refractivity contribution is 6.74. The Morgan fingerprint density at radius 1 is 1.25 bits per heavy atom. The van der Waals surface area contributed by atoms with Crippen LogP contribution in [0.2, 0.25) is 18.1 Å². The lowest BCUT2D eigenvalue weighted by Crippen LogP contribution is -2.42. The molecule has 2 aromatic heterocycles. The van der Waals surface area contributed by atoms with Crippen molar-refractivity contribution in [2.24, 2.45) is 0 Å². The lowest BCUT2D eigenvalue weighted by atomic mass is 10.2. The van der Waals surface area contributed by atoms with Crippen molar-refractivity contribution in [3.63, 3.8) is 0 Å². The Bertz CT molecular complexity index is 698. The summed E-state index contributed by atoms with van der Waals surface area (Å²) in [6, 6.07) is 4.36. The lowest BCUT2D eigenvalue weighted by Gasteiger charge is -2.36. The molecule has 1 saturated carbocycles. The normalized spacial score (nSPS) is 16.0. The van der Waals surface area contributed by atoms with Crippen molar-refractivity contribution in [1.29, 1.82) is 0 Å². The summed E-state index contributed by atoms with van der Waals surface area (Å²) in [6.45, 7) is 13.9. The number of hydrogen-bond donors (Lipinski definition) is 1. The van der Waals surface area contributed by atoms with Gasteiger partial charge in [0.1, 0.15) is 5.65 Å². The molecule has 1 aliphatic rings. The Morgan fingerprint density at radius 3 is 2.67 bits per heavy atom. The number of nitrogens with zero attached hydrogens (tertiary/aromatic N) is 2. The van der Waals surface area contributed by atoms with E-state index in [-0.39, 0.29) is 5.04 Å². The minimum Gasteiger partial charge on any atom is -0.416 e. The van der Waals surface area contributed by atoms with Crippen LogP contribution >= 0.6 is 0 Å². The smallest absolute Gasteiger partial charge is 0.192 e. The summed E-state index contributed by atoms with van der Waals surface area (Å²) in [6.07, 6.45) is 7.05. The van der Waals surface area contributed by atoms with Gasteiger partial charge in [0.2, 0.25) is 0 Å². The van der Waals surface area contributed by atoms with Crippen molar-refractivity contribution >= 4 is 14.0 Å². The van der Waals surface area contributed by atoms with E-state index in [9.17, 15) is 0 Å². The fourth-order valence-corrected chi connectivity index (χ4v) is 3.66. The molecule has 132 valence electrons. The number of fused-ring (bicyclic) bond motifs is 1. The van der Waals surface area contributed by atoms with Crippen molar-refractivity contribution in [1.82, 2.24) is 14.7 Å². The fraction of sp³-hybridized carbons (Fsp3) is 0.632. The third kappa shape index (κ3) is 4.07. The first-order valence-electron chi connectivity index (χ1n) is 9.08. The first-order chi connectivity index (χ1) is 11.3. The van der Waals surface area contributed by atoms with E-state index in [1.54, 1.807) is 0 Å². The van der Waals surface area contributed by atoms with E-state index in [2.05, 4.69) is 73.1 Å². The number of imidazole rings is 1. The van der Waals surface area contributed by atoms with Gasteiger partial charge in [-0.15, -0.1) is 0 Å². The van der Waals surface area contributed by atoms with Crippen LogP contribution in [-0.2, 0) is 11.0 Å². The van der Waals surface area contributed by atoms with Crippen LogP contribution in [0.4, 0.5) is 0 Å². The predicted molar refractivity (Wildman–Crippen MR) is 102 cm³/mol. The van der Waals surface area contributed by atoms with E-state index in [0.29, 0.717) is 0 Å². The second kappa shape index (κ2) is 6.62. The van der Waals surface area contributed by atoms with Gasteiger partial charge in [-0.05, 0) is 48.5 Å². The van der Waals surface area contributed by atoms with Crippen molar-refractivity contribution in [3.05, 3.63) is 35.8 Å². The zero-order chi connectivity index (χ0) is 17.4. The van der Waals surface area contributed by atoms with Crippen molar-refractivity contribution in [2.75, 3.05) is 13.2 Å². The number of aromatic nitrogens is 2. The monoisotopic (exact) mass is 345 g/mol. The number of rotatable bonds is 7. The molecule has 1 fully saturated rings. The fourth-order valence-electron chi connectivity index (χ4n) is 2.62. The summed E-state index contributed by atoms with van der Waals surface area (Å²) >= 11 is 0. The molecule has 3 rings (SSSR count). The minimum absolute atomic E-state index is 0.272. The lowest BCUT2D eigenvalue weighted by molar-refractivity contribution is 0.285. The van der Waals surface area contributed by atoms with Crippen LogP contribution < -0.4 is 5.32 Å². The van der Waals surface area contributed by atoms with E-state index in [1.165, 1.54) is 18.4 Å². The van der Waals surface area contributed by atoms with Gasteiger partial charge in [0.25, 0.3) is 0 Å². The molecule has 0 aromatic carbocycles. The molecule has 2 aromatic rings. The van der Waals surface area contributed by atoms with Gasteiger partial charge in [-0.2, -0.15) is 0 Å². The van der Waals surface area contributed by atoms with Crippen LogP contribution in [0.3, 0.4) is 0 Å². The maximum atomic E-state index is 6.19. The highest BCUT2D eigenvalue weighted by Gasteiger charge is 2.36. The van der Waals surface area contributed by atoms with Crippen LogP contribution in [0.15, 0.2) is 24.5 Å². The van der Waals surface area contributed by atoms with Gasteiger partial charge in [-0.1, -0.05) is 26.8 Å². The molecule has 0 spiro atoms. The van der Waals surface area contributed by atoms with Crippen LogP contribution in [0.1, 0.15) is 50.8 Å². The first-order valence-corrected chi connectivity index (χ1v) is 12.0. The van der Waals surface area contributed by atoms with Gasteiger partial charge in [-0.25, -0.2) is 4.98 Å². The molecule has 2 heterocycles. The third-order valence-corrected chi connectivity index (χ3v) is 9.96. The number of pyridine rings is 1. The van der Waals surface area contributed by atoms with E-state index in [4.69, 9.17) is 4.43 Å². The zero-order valence-corrected chi connectivity index (χ0v) is 16.7. The van der Waals surface area contributed by atoms with Crippen molar-refractivity contribution in [3.8, 4) is 0 Å². The maximum absolute atomic E-state index is 6.19. The SMILES string of the molecule is CC(C)(C)[Si](C)(C)OCCNCc1cn2cc(C3CC3)ccc2n1. The van der Waals surface area contributed by atoms with E-state index < -0.39 is 8.32 Å². The van der Waals surface area contributed by atoms with Gasteiger partial charge in [0.15, 0.2) is 8.32 Å². The Labute approximate surface area is 146 Å². The molecule has 5 heteroatoms. The van der Waals surface area contributed by atoms with Crippen LogP contribution in [0.5, 0.6) is 0 Å². The summed E-state index contributed by atoms with van der Waals surface area (Å²) < 4.78 is 8.35. The highest BCUT2D eigenvalue weighted by Crippen LogP contribution is 2.40. The standard InChI is InChI=1S/C19H31N3OSi/c1-19(2,3)24(4,5)23-11-10-20-12-17-14-22-13-16(15-6-7-15)8-9-18(22)21-17/h8-9,13-15,20H,6-7,10-12H2,1-5H3. The molecule has 0 saturated heterocycles. The Balaban J connectivity index is 1.47. The minimum atomic E-state index is -1.63. The molecule has 1 N–H and O–H groups in total. The Hall–Kier alpha value is -1.17. The summed E-state index contributed by atoms with van der Waals surface area (Å²) in [5.74, 6) is 0.783. The maximum Gasteiger partial charge on any atom is 0.192 e. The predicted octanol–water partition coefficient (Wildman–Crippen LogP) is 4.32. The number of hydrogen-bond acceptors (Lipinski definition) is 3. The summed E-state index contributed by atoms with van der Waals surface area (Å²) in [4.78, 5) is 4.69. The van der Waals surface area contributed by atoms with Crippen molar-refractivity contribution < 1.29 is 4.43 Å². The van der Waals surface area contributed by atoms with Gasteiger partial charge in [-0.3, -0.25) is 0 Å². The zero-order valence-electron chi connectivity index (χ0n) is 15.7. The second-order valence-corrected chi connectivity index (χ2v) is 13.3. The topological polar surface area (TPSA) is 38.6 Å². The average Bonchev–Trinajstić information content (AvgIpc) is 3.25. The van der Waals surface area contributed by atoms with Crippen molar-refractivity contribution in [2.45, 2.75) is 64.2 Å². The van der Waals surface area contributed by atoms with E-state index in [0.717, 1.165) is 37.0 Å². The van der Waals surface area contributed by atoms with E-state index in [1.807, 2.05) is 0 Å². The largest absolute Gasteiger partial charge is 0.416 e. The van der Waals surface area contributed by atoms with Crippen LogP contribution in [-0.4, -0.2) is 30.9 Å². The van der Waals surface area contributed by atoms with Gasteiger partial charge in [0.05, 0.1) is 5.69 Å². The van der Waals surface area contributed by atoms with Gasteiger partial charge < -0.3 is 14.1 Å². The molecule has 0 unspecified atom stereocenters. The van der Waals surface area contributed by atoms with Gasteiger partial charge in [0, 0.05) is 32.1 Å². The molecule has 4 nitrogen and oxygen atoms in total. The summed E-state index contributed by atoms with van der Waals surface area (Å²) in [5, 5.41) is 3.73. The van der Waals surface area contributed by atoms with E-state index >= 15 is 0 Å². The first kappa shape index (κ1) is 17.6. The highest BCUT2D eigenvalue weighted by atomic mass is 28.4.